The molecule has 0 radical (unpaired) electrons. The predicted molar refractivity (Wildman–Crippen MR) is 160 cm³/mol. The van der Waals surface area contributed by atoms with Crippen molar-refractivity contribution < 1.29 is 22.4 Å². The summed E-state index contributed by atoms with van der Waals surface area (Å²) in [5.41, 5.74) is 2.77. The second-order valence-corrected chi connectivity index (χ2v) is 12.1. The SMILES string of the molecule is CCCCNC(=O)[C@H](Cc1ccccc1)N(Cc1ccccc1C)C(=O)CN(c1ccc(F)cc1)S(=O)(=O)N(C)C. The largest absolute Gasteiger partial charge is 0.354 e. The van der Waals surface area contributed by atoms with Gasteiger partial charge in [-0.2, -0.15) is 12.7 Å². The van der Waals surface area contributed by atoms with Gasteiger partial charge in [0.15, 0.2) is 0 Å². The number of carbonyl (C=O) groups excluding carboxylic acids is 2. The number of nitrogens with zero attached hydrogens (tertiary/aromatic N) is 3. The lowest BCUT2D eigenvalue weighted by molar-refractivity contribution is -0.140. The van der Waals surface area contributed by atoms with Crippen molar-refractivity contribution in [1.29, 1.82) is 0 Å². The summed E-state index contributed by atoms with van der Waals surface area (Å²) in [7, 11) is -1.42. The molecular formula is C31H39FN4O4S. The second-order valence-electron chi connectivity index (χ2n) is 10.1. The summed E-state index contributed by atoms with van der Waals surface area (Å²) in [5, 5.41) is 2.96. The van der Waals surface area contributed by atoms with Crippen molar-refractivity contribution in [3.05, 3.63) is 101 Å². The van der Waals surface area contributed by atoms with Crippen LogP contribution >= 0.6 is 0 Å². The smallest absolute Gasteiger partial charge is 0.304 e. The van der Waals surface area contributed by atoms with E-state index in [-0.39, 0.29) is 24.6 Å². The third-order valence-electron chi connectivity index (χ3n) is 6.84. The van der Waals surface area contributed by atoms with Crippen molar-refractivity contribution in [2.45, 2.75) is 45.7 Å². The van der Waals surface area contributed by atoms with E-state index in [1.807, 2.05) is 68.4 Å². The molecule has 0 aliphatic heterocycles. The Morgan fingerprint density at radius 2 is 1.56 bits per heavy atom. The number of benzene rings is 3. The van der Waals surface area contributed by atoms with E-state index in [2.05, 4.69) is 5.32 Å². The zero-order valence-electron chi connectivity index (χ0n) is 24.1. The Labute approximate surface area is 243 Å². The molecule has 0 saturated carbocycles. The summed E-state index contributed by atoms with van der Waals surface area (Å²) in [5.74, 6) is -1.40. The van der Waals surface area contributed by atoms with E-state index in [4.69, 9.17) is 0 Å². The van der Waals surface area contributed by atoms with Crippen LogP contribution in [-0.4, -0.2) is 62.7 Å². The van der Waals surface area contributed by atoms with Gasteiger partial charge < -0.3 is 10.2 Å². The third kappa shape index (κ3) is 8.61. The summed E-state index contributed by atoms with van der Waals surface area (Å²) in [6.07, 6.45) is 1.92. The van der Waals surface area contributed by atoms with E-state index in [1.54, 1.807) is 0 Å². The lowest BCUT2D eigenvalue weighted by Crippen LogP contribution is -2.54. The van der Waals surface area contributed by atoms with Crippen LogP contribution in [0, 0.1) is 12.7 Å². The number of anilines is 1. The van der Waals surface area contributed by atoms with Crippen LogP contribution in [0.1, 0.15) is 36.5 Å². The minimum Gasteiger partial charge on any atom is -0.354 e. The number of nitrogens with one attached hydrogen (secondary N) is 1. The lowest BCUT2D eigenvalue weighted by atomic mass is 10.0. The fourth-order valence-corrected chi connectivity index (χ4v) is 5.41. The molecule has 1 atom stereocenters. The summed E-state index contributed by atoms with van der Waals surface area (Å²) < 4.78 is 42.4. The molecule has 0 bridgehead atoms. The van der Waals surface area contributed by atoms with Gasteiger partial charge in [-0.25, -0.2) is 8.70 Å². The average Bonchev–Trinajstić information content (AvgIpc) is 2.95. The number of halogens is 1. The molecule has 0 aromatic heterocycles. The molecule has 10 heteroatoms. The third-order valence-corrected chi connectivity index (χ3v) is 8.66. The van der Waals surface area contributed by atoms with Crippen LogP contribution in [0.15, 0.2) is 78.9 Å². The summed E-state index contributed by atoms with van der Waals surface area (Å²) >= 11 is 0. The van der Waals surface area contributed by atoms with Gasteiger partial charge in [0.25, 0.3) is 0 Å². The van der Waals surface area contributed by atoms with Gasteiger partial charge in [0, 0.05) is 33.6 Å². The maximum Gasteiger partial charge on any atom is 0.304 e. The molecule has 0 unspecified atom stereocenters. The lowest BCUT2D eigenvalue weighted by Gasteiger charge is -2.34. The molecule has 3 aromatic carbocycles. The van der Waals surface area contributed by atoms with Crippen LogP contribution in [0.2, 0.25) is 0 Å². The Kier molecular flexibility index (Phi) is 11.4. The molecule has 3 rings (SSSR count). The summed E-state index contributed by atoms with van der Waals surface area (Å²) in [6.45, 7) is 3.93. The molecule has 1 N–H and O–H groups in total. The first kappa shape index (κ1) is 31.8. The van der Waals surface area contributed by atoms with E-state index in [0.29, 0.717) is 6.54 Å². The van der Waals surface area contributed by atoms with Crippen molar-refractivity contribution in [3.63, 3.8) is 0 Å². The maximum absolute atomic E-state index is 14.2. The molecule has 0 aliphatic rings. The van der Waals surface area contributed by atoms with Crippen molar-refractivity contribution in [1.82, 2.24) is 14.5 Å². The van der Waals surface area contributed by atoms with E-state index >= 15 is 0 Å². The number of carbonyl (C=O) groups is 2. The monoisotopic (exact) mass is 582 g/mol. The molecule has 0 spiro atoms. The Morgan fingerprint density at radius 1 is 0.927 bits per heavy atom. The number of amides is 2. The van der Waals surface area contributed by atoms with Crippen LogP contribution in [0.3, 0.4) is 0 Å². The molecule has 8 nitrogen and oxygen atoms in total. The first-order valence-corrected chi connectivity index (χ1v) is 15.1. The van der Waals surface area contributed by atoms with Gasteiger partial charge in [0.1, 0.15) is 18.4 Å². The highest BCUT2D eigenvalue weighted by Crippen LogP contribution is 2.23. The topological polar surface area (TPSA) is 90.0 Å². The first-order chi connectivity index (χ1) is 19.5. The van der Waals surface area contributed by atoms with Gasteiger partial charge in [-0.3, -0.25) is 9.59 Å². The van der Waals surface area contributed by atoms with Gasteiger partial charge in [-0.05, 0) is 54.3 Å². The molecule has 0 heterocycles. The van der Waals surface area contributed by atoms with Crippen molar-refractivity contribution >= 4 is 27.7 Å². The van der Waals surface area contributed by atoms with Crippen LogP contribution < -0.4 is 9.62 Å². The first-order valence-electron chi connectivity index (χ1n) is 13.7. The Morgan fingerprint density at radius 3 is 2.17 bits per heavy atom. The number of hydrogen-bond acceptors (Lipinski definition) is 4. The Hall–Kier alpha value is -3.76. The van der Waals surface area contributed by atoms with Gasteiger partial charge >= 0.3 is 10.2 Å². The Balaban J connectivity index is 2.08. The Bertz CT molecular complexity index is 1400. The molecule has 2 amide bonds. The second kappa shape index (κ2) is 14.7. The molecule has 0 saturated heterocycles. The van der Waals surface area contributed by atoms with Crippen molar-refractivity contribution in [2.75, 3.05) is 31.5 Å². The van der Waals surface area contributed by atoms with E-state index in [1.165, 1.54) is 31.1 Å². The maximum atomic E-state index is 14.2. The van der Waals surface area contributed by atoms with Crippen molar-refractivity contribution in [3.8, 4) is 0 Å². The quantitative estimate of drug-likeness (QED) is 0.287. The minimum absolute atomic E-state index is 0.101. The molecule has 41 heavy (non-hydrogen) atoms. The van der Waals surface area contributed by atoms with E-state index < -0.39 is 34.5 Å². The predicted octanol–water partition coefficient (Wildman–Crippen LogP) is 4.30. The number of unbranched alkanes of at least 4 members (excludes halogenated alkanes) is 1. The molecule has 0 aliphatic carbocycles. The normalized spacial score (nSPS) is 12.1. The molecule has 220 valence electrons. The van der Waals surface area contributed by atoms with Gasteiger partial charge in [-0.15, -0.1) is 0 Å². The van der Waals surface area contributed by atoms with Crippen LogP contribution in [0.5, 0.6) is 0 Å². The fraction of sp³-hybridized carbons (Fsp3) is 0.355. The molecule has 3 aromatic rings. The van der Waals surface area contributed by atoms with Crippen LogP contribution in [0.25, 0.3) is 0 Å². The average molecular weight is 583 g/mol. The highest BCUT2D eigenvalue weighted by Gasteiger charge is 2.34. The van der Waals surface area contributed by atoms with Gasteiger partial charge in [-0.1, -0.05) is 67.9 Å². The standard InChI is InChI=1S/C31H39FN4O4S/c1-5-6-20-33-31(38)29(21-25-13-8-7-9-14-25)35(22-26-15-11-10-12-24(26)2)30(37)23-36(41(39,40)34(3)4)28-18-16-27(32)17-19-28/h7-19,29H,5-6,20-23H2,1-4H3,(H,33,38)/t29-/m0/s1. The fourth-order valence-electron chi connectivity index (χ4n) is 4.36. The zero-order chi connectivity index (χ0) is 30.0. The van der Waals surface area contributed by atoms with Gasteiger partial charge in [0.05, 0.1) is 5.69 Å². The summed E-state index contributed by atoms with van der Waals surface area (Å²) in [4.78, 5) is 29.3. The minimum atomic E-state index is -4.14. The van der Waals surface area contributed by atoms with E-state index in [0.717, 1.165) is 50.3 Å². The summed E-state index contributed by atoms with van der Waals surface area (Å²) in [6, 6.07) is 21.0. The van der Waals surface area contributed by atoms with E-state index in [9.17, 15) is 22.4 Å². The van der Waals surface area contributed by atoms with Crippen molar-refractivity contribution in [2.24, 2.45) is 0 Å². The van der Waals surface area contributed by atoms with Crippen LogP contribution in [-0.2, 0) is 32.8 Å². The molecule has 0 fully saturated rings. The van der Waals surface area contributed by atoms with Gasteiger partial charge in [0.2, 0.25) is 11.8 Å². The number of rotatable bonds is 14. The highest BCUT2D eigenvalue weighted by molar-refractivity contribution is 7.90. The zero-order valence-corrected chi connectivity index (χ0v) is 24.9. The van der Waals surface area contributed by atoms with Crippen LogP contribution in [0.4, 0.5) is 10.1 Å². The number of aryl methyl sites for hydroxylation is 1. The highest BCUT2D eigenvalue weighted by atomic mass is 32.2. The molecular weight excluding hydrogens is 543 g/mol. The number of hydrogen-bond donors (Lipinski definition) is 1.